The summed E-state index contributed by atoms with van der Waals surface area (Å²) in [4.78, 5) is 0. The van der Waals surface area contributed by atoms with Gasteiger partial charge in [-0.2, -0.15) is 0 Å². The Balaban J connectivity index is 0. The second-order valence-corrected chi connectivity index (χ2v) is 4.34. The van der Waals surface area contributed by atoms with Crippen LogP contribution in [0.2, 0.25) is 0 Å². The molecule has 0 amide bonds. The van der Waals surface area contributed by atoms with Gasteiger partial charge in [0.15, 0.2) is 0 Å². The maximum Gasteiger partial charge on any atom is 0 e. The first-order valence-corrected chi connectivity index (χ1v) is 5.56. The standard InChI is InChI=1S/C12H14.3CO.Fe/c1-2-6-12-8-4-3-7-11(12,5-1)9-10-12;3*1-2;/h1-2,5-6,9-10H,3-4,7-8H2;;;;. The molecule has 100 valence electrons. The Morgan fingerprint density at radius 1 is 0.632 bits per heavy atom. The fourth-order valence-corrected chi connectivity index (χ4v) is 3.02. The van der Waals surface area contributed by atoms with Gasteiger partial charge in [0.1, 0.15) is 0 Å². The van der Waals surface area contributed by atoms with E-state index in [9.17, 15) is 0 Å². The van der Waals surface area contributed by atoms with Crippen molar-refractivity contribution in [3.05, 3.63) is 56.4 Å². The summed E-state index contributed by atoms with van der Waals surface area (Å²) in [7, 11) is 0. The molecule has 1 fully saturated rings. The van der Waals surface area contributed by atoms with Crippen molar-refractivity contribution < 1.29 is 31.0 Å². The van der Waals surface area contributed by atoms with Crippen LogP contribution in [0.1, 0.15) is 25.7 Å². The van der Waals surface area contributed by atoms with Gasteiger partial charge >= 0.3 is 33.9 Å². The summed E-state index contributed by atoms with van der Waals surface area (Å²) in [5.41, 5.74) is 0.889. The molecule has 0 saturated heterocycles. The predicted octanol–water partition coefficient (Wildman–Crippen LogP) is 3.11. The molecule has 3 aliphatic rings. The first-order chi connectivity index (χ1) is 8.87. The van der Waals surface area contributed by atoms with E-state index in [1.54, 1.807) is 0 Å². The minimum Gasteiger partial charge on any atom is 0 e. The van der Waals surface area contributed by atoms with Crippen molar-refractivity contribution in [3.8, 4) is 0 Å². The summed E-state index contributed by atoms with van der Waals surface area (Å²) in [6.07, 6.45) is 19.6. The number of hydrogen-bond donors (Lipinski definition) is 0. The first kappa shape index (κ1) is 20.3. The Morgan fingerprint density at radius 3 is 1.21 bits per heavy atom. The Bertz CT molecular complexity index is 373. The molecule has 1 saturated carbocycles. The average Bonchev–Trinajstić information content (AvgIpc) is 2.48. The second kappa shape index (κ2) is 9.83. The number of rotatable bonds is 0. The average molecular weight is 298 g/mol. The minimum absolute atomic E-state index is 0. The molecule has 0 radical (unpaired) electrons. The molecule has 0 spiro atoms. The quantitative estimate of drug-likeness (QED) is 0.285. The third-order valence-electron chi connectivity index (χ3n) is 3.87. The Labute approximate surface area is 124 Å². The van der Waals surface area contributed by atoms with Crippen LogP contribution in [0.4, 0.5) is 0 Å². The summed E-state index contributed by atoms with van der Waals surface area (Å²) in [6.45, 7) is 13.5. The van der Waals surface area contributed by atoms with Crippen molar-refractivity contribution in [2.75, 3.05) is 0 Å². The summed E-state index contributed by atoms with van der Waals surface area (Å²) in [5.74, 6) is 0. The Morgan fingerprint density at radius 2 is 0.947 bits per heavy atom. The van der Waals surface area contributed by atoms with Crippen LogP contribution in [-0.4, -0.2) is 0 Å². The van der Waals surface area contributed by atoms with Crippen molar-refractivity contribution >= 4 is 0 Å². The molecule has 3 rings (SSSR count). The van der Waals surface area contributed by atoms with Gasteiger partial charge in [-0.25, -0.2) is 0 Å². The van der Waals surface area contributed by atoms with Crippen LogP contribution in [0, 0.1) is 30.8 Å². The van der Waals surface area contributed by atoms with E-state index >= 15 is 0 Å². The van der Waals surface area contributed by atoms with Crippen LogP contribution >= 0.6 is 0 Å². The van der Waals surface area contributed by atoms with E-state index in [1.807, 2.05) is 0 Å². The van der Waals surface area contributed by atoms with Gasteiger partial charge < -0.3 is 0 Å². The molecule has 0 aliphatic heterocycles. The van der Waals surface area contributed by atoms with Crippen LogP contribution in [0.5, 0.6) is 0 Å². The molecule has 3 aliphatic carbocycles. The predicted molar refractivity (Wildman–Crippen MR) is 62.5 cm³/mol. The van der Waals surface area contributed by atoms with Crippen LogP contribution in [0.3, 0.4) is 0 Å². The second-order valence-electron chi connectivity index (χ2n) is 4.34. The normalized spacial score (nSPS) is 30.6. The zero-order chi connectivity index (χ0) is 14.1. The summed E-state index contributed by atoms with van der Waals surface area (Å²) in [6, 6.07) is 0. The van der Waals surface area contributed by atoms with Gasteiger partial charge in [-0.05, 0) is 12.8 Å². The fourth-order valence-electron chi connectivity index (χ4n) is 3.02. The zero-order valence-electron chi connectivity index (χ0n) is 10.4. The molecular weight excluding hydrogens is 284 g/mol. The van der Waals surface area contributed by atoms with Crippen LogP contribution in [-0.2, 0) is 31.0 Å². The van der Waals surface area contributed by atoms with Crippen molar-refractivity contribution in [1.29, 1.82) is 0 Å². The Hall–Kier alpha value is -1.04. The smallest absolute Gasteiger partial charge is 0 e. The summed E-state index contributed by atoms with van der Waals surface area (Å²) < 4.78 is 22.5. The van der Waals surface area contributed by atoms with Crippen LogP contribution in [0.15, 0.2) is 36.5 Å². The van der Waals surface area contributed by atoms with E-state index in [4.69, 9.17) is 14.0 Å². The van der Waals surface area contributed by atoms with Gasteiger partial charge in [0, 0.05) is 27.9 Å². The van der Waals surface area contributed by atoms with E-state index < -0.39 is 0 Å². The van der Waals surface area contributed by atoms with Crippen LogP contribution in [0.25, 0.3) is 0 Å². The molecule has 2 unspecified atom stereocenters. The van der Waals surface area contributed by atoms with Gasteiger partial charge in [0.25, 0.3) is 0 Å². The molecule has 3 nitrogen and oxygen atoms in total. The van der Waals surface area contributed by atoms with E-state index in [1.165, 1.54) is 25.7 Å². The molecule has 0 heterocycles. The third kappa shape index (κ3) is 3.49. The largest absolute Gasteiger partial charge is 0 e. The molecule has 0 aromatic heterocycles. The van der Waals surface area contributed by atoms with Crippen molar-refractivity contribution in [1.82, 2.24) is 0 Å². The molecule has 0 bridgehead atoms. The van der Waals surface area contributed by atoms with Crippen molar-refractivity contribution in [2.45, 2.75) is 25.7 Å². The van der Waals surface area contributed by atoms with Crippen molar-refractivity contribution in [2.24, 2.45) is 10.8 Å². The van der Waals surface area contributed by atoms with E-state index in [-0.39, 0.29) is 17.1 Å². The monoisotopic (exact) mass is 298 g/mol. The van der Waals surface area contributed by atoms with Gasteiger partial charge in [-0.3, -0.25) is 0 Å². The molecule has 0 N–H and O–H groups in total. The zero-order valence-corrected chi connectivity index (χ0v) is 11.5. The third-order valence-corrected chi connectivity index (χ3v) is 3.87. The maximum atomic E-state index is 7.50. The van der Waals surface area contributed by atoms with Gasteiger partial charge in [0.2, 0.25) is 0 Å². The molecule has 0 aromatic rings. The van der Waals surface area contributed by atoms with Crippen molar-refractivity contribution in [3.63, 3.8) is 0 Å². The SMILES string of the molecule is C1=CC23C=CC2(C=C1)CCCC3.[C-]#[O+].[C-]#[O+].[C-]#[O+].[Fe]. The summed E-state index contributed by atoms with van der Waals surface area (Å²) >= 11 is 0. The fraction of sp³-hybridized carbons (Fsp3) is 0.400. The molecule has 19 heavy (non-hydrogen) atoms. The minimum atomic E-state index is 0. The van der Waals surface area contributed by atoms with Gasteiger partial charge in [0.05, 0.1) is 0 Å². The molecule has 0 aromatic carbocycles. The number of hydrogen-bond acceptors (Lipinski definition) is 0. The maximum absolute atomic E-state index is 7.50. The van der Waals surface area contributed by atoms with Gasteiger partial charge in [-0.15, -0.1) is 0 Å². The Kier molecular flexibility index (Phi) is 10.5. The van der Waals surface area contributed by atoms with Crippen LogP contribution < -0.4 is 0 Å². The molecular formula is C15H14FeO3. The molecule has 4 heteroatoms. The van der Waals surface area contributed by atoms with E-state index in [0.717, 1.165) is 0 Å². The summed E-state index contributed by atoms with van der Waals surface area (Å²) in [5, 5.41) is 0. The first-order valence-electron chi connectivity index (χ1n) is 5.56. The van der Waals surface area contributed by atoms with E-state index in [0.29, 0.717) is 10.8 Å². The topological polar surface area (TPSA) is 59.7 Å². The number of allylic oxidation sites excluding steroid dienone is 6. The molecule has 2 atom stereocenters. The van der Waals surface area contributed by atoms with Gasteiger partial charge in [-0.1, -0.05) is 49.3 Å². The van der Waals surface area contributed by atoms with E-state index in [2.05, 4.69) is 56.4 Å².